The van der Waals surface area contributed by atoms with Gasteiger partial charge in [-0.1, -0.05) is 115 Å². The predicted molar refractivity (Wildman–Crippen MR) is 215 cm³/mol. The highest BCUT2D eigenvalue weighted by Crippen LogP contribution is 2.39. The molecule has 0 spiro atoms. The van der Waals surface area contributed by atoms with E-state index in [1.54, 1.807) is 10.6 Å². The number of para-hydroxylation sites is 5. The highest BCUT2D eigenvalue weighted by molar-refractivity contribution is 6.11. The van der Waals surface area contributed by atoms with Gasteiger partial charge in [0.15, 0.2) is 0 Å². The quantitative estimate of drug-likeness (QED) is 0.173. The third-order valence-electron chi connectivity index (χ3n) is 9.52. The van der Waals surface area contributed by atoms with E-state index in [0.29, 0.717) is 5.69 Å². The Labute approximate surface area is 307 Å². The number of hydrogen-bond acceptors (Lipinski definition) is 1. The van der Waals surface area contributed by atoms with E-state index in [2.05, 4.69) is 88.3 Å². The normalized spacial score (nSPS) is 13.7. The van der Waals surface area contributed by atoms with Crippen molar-refractivity contribution in [3.63, 3.8) is 0 Å². The van der Waals surface area contributed by atoms with Crippen LogP contribution in [0.15, 0.2) is 200 Å². The molecule has 0 aliphatic carbocycles. The van der Waals surface area contributed by atoms with Crippen molar-refractivity contribution in [3.05, 3.63) is 200 Å². The first kappa shape index (κ1) is 22.0. The highest BCUT2D eigenvalue weighted by atomic mass is 15.1. The molecule has 10 rings (SSSR count). The molecule has 2 heterocycles. The standard InChI is InChI=1S/C48H33N3/c1-3-16-36(17-4-1)49(37-18-5-2-6-19-37)38-20-13-15-34(31-38)35-29-30-48-44(32-35)43-25-9-12-28-47(43)51(48)40-22-14-21-39(33-40)50-45-26-10-7-23-41(45)42-24-8-11-27-46(42)50/h1-33H/i7D,8D,10D,11D,23D,24D,26D,27D. The molecule has 0 bridgehead atoms. The molecular formula is C48H33N3. The lowest BCUT2D eigenvalue weighted by molar-refractivity contribution is 1.13. The van der Waals surface area contributed by atoms with E-state index in [1.807, 2.05) is 66.7 Å². The number of anilines is 3. The molecule has 0 radical (unpaired) electrons. The average Bonchev–Trinajstić information content (AvgIpc) is 3.81. The minimum Gasteiger partial charge on any atom is -0.310 e. The summed E-state index contributed by atoms with van der Waals surface area (Å²) >= 11 is 0. The van der Waals surface area contributed by atoms with Gasteiger partial charge in [0.25, 0.3) is 0 Å². The Morgan fingerprint density at radius 3 is 1.57 bits per heavy atom. The van der Waals surface area contributed by atoms with Crippen LogP contribution in [0.1, 0.15) is 11.0 Å². The summed E-state index contributed by atoms with van der Waals surface area (Å²) in [6.07, 6.45) is 0. The van der Waals surface area contributed by atoms with E-state index in [9.17, 15) is 0 Å². The summed E-state index contributed by atoms with van der Waals surface area (Å²) in [5, 5.41) is 2.18. The number of aromatic nitrogens is 2. The second-order valence-corrected chi connectivity index (χ2v) is 12.4. The first-order valence-electron chi connectivity index (χ1n) is 20.8. The van der Waals surface area contributed by atoms with E-state index >= 15 is 0 Å². The number of hydrogen-bond donors (Lipinski definition) is 0. The van der Waals surface area contributed by atoms with Crippen LogP contribution in [-0.4, -0.2) is 9.13 Å². The van der Waals surface area contributed by atoms with Crippen molar-refractivity contribution >= 4 is 60.7 Å². The summed E-state index contributed by atoms with van der Waals surface area (Å²) < 4.78 is 73.3. The Morgan fingerprint density at radius 2 is 0.882 bits per heavy atom. The van der Waals surface area contributed by atoms with Gasteiger partial charge in [-0.05, 0) is 96.0 Å². The summed E-state index contributed by atoms with van der Waals surface area (Å²) in [5.41, 5.74) is 8.56. The van der Waals surface area contributed by atoms with Gasteiger partial charge < -0.3 is 14.0 Å². The molecule has 2 aromatic heterocycles. The maximum Gasteiger partial charge on any atom is 0.0645 e. The second kappa shape index (κ2) is 11.9. The van der Waals surface area contributed by atoms with E-state index < -0.39 is 24.2 Å². The molecule has 0 aliphatic rings. The van der Waals surface area contributed by atoms with Crippen LogP contribution in [0.2, 0.25) is 0 Å². The largest absolute Gasteiger partial charge is 0.310 e. The molecule has 3 heteroatoms. The predicted octanol–water partition coefficient (Wildman–Crippen LogP) is 13.0. The molecule has 8 aromatic carbocycles. The first-order valence-corrected chi connectivity index (χ1v) is 16.8. The van der Waals surface area contributed by atoms with Crippen LogP contribution >= 0.6 is 0 Å². The summed E-state index contributed by atoms with van der Waals surface area (Å²) in [6, 6.07) is 48.1. The van der Waals surface area contributed by atoms with Gasteiger partial charge in [-0.15, -0.1) is 0 Å². The van der Waals surface area contributed by atoms with E-state index in [-0.39, 0.29) is 46.0 Å². The van der Waals surface area contributed by atoms with Crippen LogP contribution in [0.25, 0.3) is 66.1 Å². The zero-order valence-corrected chi connectivity index (χ0v) is 27.3. The summed E-state index contributed by atoms with van der Waals surface area (Å²) in [6.45, 7) is 0. The van der Waals surface area contributed by atoms with Gasteiger partial charge in [-0.3, -0.25) is 0 Å². The van der Waals surface area contributed by atoms with Crippen molar-refractivity contribution < 1.29 is 11.0 Å². The van der Waals surface area contributed by atoms with Gasteiger partial charge in [0.05, 0.1) is 33.0 Å². The fourth-order valence-electron chi connectivity index (χ4n) is 7.31. The molecule has 0 amide bonds. The Morgan fingerprint density at radius 1 is 0.353 bits per heavy atom. The molecule has 0 fully saturated rings. The minimum atomic E-state index is -0.469. The molecular weight excluding hydrogens is 619 g/mol. The molecule has 0 saturated carbocycles. The van der Waals surface area contributed by atoms with Gasteiger partial charge >= 0.3 is 0 Å². The Balaban J connectivity index is 1.16. The minimum absolute atomic E-state index is 0.0486. The summed E-state index contributed by atoms with van der Waals surface area (Å²) in [4.78, 5) is 2.24. The van der Waals surface area contributed by atoms with Crippen molar-refractivity contribution in [2.45, 2.75) is 0 Å². The van der Waals surface area contributed by atoms with Crippen LogP contribution in [-0.2, 0) is 0 Å². The molecule has 0 atom stereocenters. The number of benzene rings is 8. The highest BCUT2D eigenvalue weighted by Gasteiger charge is 2.17. The topological polar surface area (TPSA) is 13.1 Å². The molecule has 3 nitrogen and oxygen atoms in total. The maximum absolute atomic E-state index is 8.98. The van der Waals surface area contributed by atoms with Gasteiger partial charge in [-0.25, -0.2) is 0 Å². The molecule has 0 aliphatic heterocycles. The zero-order chi connectivity index (χ0) is 40.7. The second-order valence-electron chi connectivity index (χ2n) is 12.4. The van der Waals surface area contributed by atoms with Crippen LogP contribution in [0.3, 0.4) is 0 Å². The fraction of sp³-hybridized carbons (Fsp3) is 0. The Bertz CT molecular complexity index is 3200. The van der Waals surface area contributed by atoms with Crippen molar-refractivity contribution in [2.75, 3.05) is 4.90 Å². The lowest BCUT2D eigenvalue weighted by Crippen LogP contribution is -2.09. The third kappa shape index (κ3) is 4.82. The number of fused-ring (bicyclic) bond motifs is 6. The average molecular weight is 660 g/mol. The molecule has 51 heavy (non-hydrogen) atoms. The summed E-state index contributed by atoms with van der Waals surface area (Å²) in [7, 11) is 0. The van der Waals surface area contributed by atoms with Gasteiger partial charge in [0.2, 0.25) is 0 Å². The lowest BCUT2D eigenvalue weighted by atomic mass is 10.0. The SMILES string of the molecule is [2H]c1c([2H])c([2H])c2c(c1[2H])c1c([2H])c([2H])c([2H])c([2H])c1n2-c1cccc(-n2c3ccccc3c3cc(-c4cccc(N(c5ccccc5)c5ccccc5)c4)ccc32)c1. The Hall–Kier alpha value is -6.84. The van der Waals surface area contributed by atoms with Crippen molar-refractivity contribution in [1.29, 1.82) is 0 Å². The number of rotatable bonds is 6. The molecule has 0 N–H and O–H groups in total. The van der Waals surface area contributed by atoms with Crippen molar-refractivity contribution in [1.82, 2.24) is 9.13 Å². The first-order chi connectivity index (χ1) is 28.6. The Kier molecular flexibility index (Phi) is 5.15. The maximum atomic E-state index is 8.98. The monoisotopic (exact) mass is 659 g/mol. The molecule has 0 saturated heterocycles. The van der Waals surface area contributed by atoms with E-state index in [4.69, 9.17) is 11.0 Å². The van der Waals surface area contributed by atoms with Gasteiger partial charge in [0, 0.05) is 50.0 Å². The smallest absolute Gasteiger partial charge is 0.0645 e. The van der Waals surface area contributed by atoms with Crippen LogP contribution < -0.4 is 4.90 Å². The zero-order valence-electron chi connectivity index (χ0n) is 35.3. The van der Waals surface area contributed by atoms with E-state index in [1.165, 1.54) is 0 Å². The number of nitrogens with zero attached hydrogens (tertiary/aromatic N) is 3. The van der Waals surface area contributed by atoms with Gasteiger partial charge in [0.1, 0.15) is 0 Å². The van der Waals surface area contributed by atoms with Gasteiger partial charge in [-0.2, -0.15) is 0 Å². The van der Waals surface area contributed by atoms with Crippen LogP contribution in [0.5, 0.6) is 0 Å². The molecule has 240 valence electrons. The van der Waals surface area contributed by atoms with Crippen LogP contribution in [0.4, 0.5) is 17.1 Å². The van der Waals surface area contributed by atoms with E-state index in [0.717, 1.165) is 55.7 Å². The molecule has 10 aromatic rings. The van der Waals surface area contributed by atoms with Crippen molar-refractivity contribution in [3.8, 4) is 22.5 Å². The van der Waals surface area contributed by atoms with Crippen LogP contribution in [0, 0.1) is 0 Å². The van der Waals surface area contributed by atoms with Crippen molar-refractivity contribution in [2.24, 2.45) is 0 Å². The summed E-state index contributed by atoms with van der Waals surface area (Å²) in [5.74, 6) is 0. The fourth-order valence-corrected chi connectivity index (χ4v) is 7.31. The third-order valence-corrected chi connectivity index (χ3v) is 9.52. The molecule has 0 unspecified atom stereocenters. The lowest BCUT2D eigenvalue weighted by Gasteiger charge is -2.26.